The average Bonchev–Trinajstić information content (AvgIpc) is 3.12. The normalized spacial score (nSPS) is 16.5. The zero-order valence-electron chi connectivity index (χ0n) is 13.7. The van der Waals surface area contributed by atoms with E-state index in [9.17, 15) is 14.0 Å². The van der Waals surface area contributed by atoms with E-state index in [0.29, 0.717) is 19.5 Å². The highest BCUT2D eigenvalue weighted by atomic mass is 19.1. The first-order valence-electron chi connectivity index (χ1n) is 8.29. The third-order valence-corrected chi connectivity index (χ3v) is 4.23. The second-order valence-electron chi connectivity index (χ2n) is 5.96. The molecule has 0 radical (unpaired) electrons. The van der Waals surface area contributed by atoms with Gasteiger partial charge in [0.25, 0.3) is 0 Å². The van der Waals surface area contributed by atoms with Crippen molar-refractivity contribution in [2.24, 2.45) is 0 Å². The summed E-state index contributed by atoms with van der Waals surface area (Å²) in [6.45, 7) is 0.911. The van der Waals surface area contributed by atoms with Crippen LogP contribution < -0.4 is 10.6 Å². The van der Waals surface area contributed by atoms with Gasteiger partial charge in [-0.3, -0.25) is 4.79 Å². The highest BCUT2D eigenvalue weighted by Crippen LogP contribution is 2.20. The van der Waals surface area contributed by atoms with Gasteiger partial charge in [0.2, 0.25) is 5.91 Å². The van der Waals surface area contributed by atoms with Crippen LogP contribution in [0.1, 0.15) is 18.4 Å². The van der Waals surface area contributed by atoms with Crippen LogP contribution in [0.3, 0.4) is 0 Å². The largest absolute Gasteiger partial charge is 0.334 e. The molecule has 3 rings (SSSR count). The second-order valence-corrected chi connectivity index (χ2v) is 5.96. The van der Waals surface area contributed by atoms with E-state index >= 15 is 0 Å². The monoisotopic (exact) mass is 341 g/mol. The van der Waals surface area contributed by atoms with Crippen molar-refractivity contribution in [3.05, 3.63) is 66.0 Å². The van der Waals surface area contributed by atoms with Crippen LogP contribution >= 0.6 is 0 Å². The fraction of sp³-hybridized carbons (Fsp3) is 0.263. The number of nitrogens with zero attached hydrogens (tertiary/aromatic N) is 1. The molecule has 1 atom stereocenters. The van der Waals surface area contributed by atoms with E-state index in [4.69, 9.17) is 0 Å². The van der Waals surface area contributed by atoms with E-state index in [1.165, 1.54) is 17.0 Å². The molecule has 1 fully saturated rings. The minimum absolute atomic E-state index is 0.129. The van der Waals surface area contributed by atoms with Gasteiger partial charge in [0.1, 0.15) is 11.9 Å². The van der Waals surface area contributed by atoms with Crippen LogP contribution in [0.25, 0.3) is 0 Å². The van der Waals surface area contributed by atoms with Crippen molar-refractivity contribution < 1.29 is 14.0 Å². The van der Waals surface area contributed by atoms with Crippen molar-refractivity contribution in [2.75, 3.05) is 11.9 Å². The van der Waals surface area contributed by atoms with Gasteiger partial charge < -0.3 is 15.5 Å². The summed E-state index contributed by atoms with van der Waals surface area (Å²) in [6.07, 6.45) is 1.31. The van der Waals surface area contributed by atoms with Crippen LogP contribution in [0.15, 0.2) is 54.6 Å². The summed E-state index contributed by atoms with van der Waals surface area (Å²) in [6, 6.07) is 14.7. The van der Waals surface area contributed by atoms with Crippen LogP contribution in [0.4, 0.5) is 14.9 Å². The highest BCUT2D eigenvalue weighted by Gasteiger charge is 2.34. The second kappa shape index (κ2) is 7.79. The van der Waals surface area contributed by atoms with E-state index < -0.39 is 11.9 Å². The number of hydrogen-bond donors (Lipinski definition) is 2. The fourth-order valence-corrected chi connectivity index (χ4v) is 2.94. The lowest BCUT2D eigenvalue weighted by Gasteiger charge is -2.24. The highest BCUT2D eigenvalue weighted by molar-refractivity contribution is 5.97. The van der Waals surface area contributed by atoms with Gasteiger partial charge in [-0.25, -0.2) is 9.18 Å². The van der Waals surface area contributed by atoms with Gasteiger partial charge in [0, 0.05) is 13.1 Å². The molecule has 130 valence electrons. The van der Waals surface area contributed by atoms with E-state index in [2.05, 4.69) is 10.6 Å². The quantitative estimate of drug-likeness (QED) is 0.897. The maximum Gasteiger partial charge on any atom is 0.318 e. The topological polar surface area (TPSA) is 61.4 Å². The summed E-state index contributed by atoms with van der Waals surface area (Å²) in [4.78, 5) is 26.4. The molecule has 1 aliphatic heterocycles. The number of anilines is 1. The summed E-state index contributed by atoms with van der Waals surface area (Å²) < 4.78 is 13.7. The number of halogens is 1. The molecule has 1 saturated heterocycles. The first-order valence-corrected chi connectivity index (χ1v) is 8.29. The number of nitrogens with one attached hydrogen (secondary N) is 2. The molecule has 1 aliphatic rings. The Labute approximate surface area is 145 Å². The number of amides is 3. The Morgan fingerprint density at radius 3 is 2.56 bits per heavy atom. The van der Waals surface area contributed by atoms with E-state index in [1.54, 1.807) is 12.1 Å². The van der Waals surface area contributed by atoms with Crippen molar-refractivity contribution >= 4 is 17.6 Å². The molecular formula is C19H20FN3O2. The molecule has 0 aliphatic carbocycles. The van der Waals surface area contributed by atoms with Crippen LogP contribution in [0.5, 0.6) is 0 Å². The predicted octanol–water partition coefficient (Wildman–Crippen LogP) is 3.14. The van der Waals surface area contributed by atoms with Gasteiger partial charge in [-0.1, -0.05) is 42.5 Å². The minimum atomic E-state index is -0.588. The zero-order chi connectivity index (χ0) is 17.6. The van der Waals surface area contributed by atoms with Crippen LogP contribution in [0, 0.1) is 5.82 Å². The van der Waals surface area contributed by atoms with Crippen LogP contribution in [-0.2, 0) is 11.3 Å². The van der Waals surface area contributed by atoms with Gasteiger partial charge in [-0.2, -0.15) is 0 Å². The minimum Gasteiger partial charge on any atom is -0.334 e. The van der Waals surface area contributed by atoms with E-state index in [1.807, 2.05) is 30.3 Å². The maximum absolute atomic E-state index is 13.7. The summed E-state index contributed by atoms with van der Waals surface area (Å²) in [5, 5.41) is 5.41. The number of urea groups is 1. The van der Waals surface area contributed by atoms with Gasteiger partial charge in [-0.05, 0) is 30.5 Å². The van der Waals surface area contributed by atoms with E-state index in [-0.39, 0.29) is 17.6 Å². The van der Waals surface area contributed by atoms with E-state index in [0.717, 1.165) is 12.0 Å². The van der Waals surface area contributed by atoms with Crippen molar-refractivity contribution in [3.8, 4) is 0 Å². The molecule has 0 saturated carbocycles. The molecule has 0 aromatic heterocycles. The Morgan fingerprint density at radius 1 is 1.08 bits per heavy atom. The molecule has 3 amide bonds. The standard InChI is InChI=1S/C19H20FN3O2/c20-15-9-4-5-10-16(15)22-18(24)17-11-6-12-23(17)19(25)21-13-14-7-2-1-3-8-14/h1-5,7-10,17H,6,11-13H2,(H,21,25)(H,22,24)/t17-/m0/s1. The molecule has 1 heterocycles. The predicted molar refractivity (Wildman–Crippen MR) is 93.4 cm³/mol. The lowest BCUT2D eigenvalue weighted by molar-refractivity contribution is -0.119. The number of rotatable bonds is 4. The van der Waals surface area contributed by atoms with Crippen molar-refractivity contribution in [2.45, 2.75) is 25.4 Å². The summed E-state index contributed by atoms with van der Waals surface area (Å²) >= 11 is 0. The lowest BCUT2D eigenvalue weighted by atomic mass is 10.2. The summed E-state index contributed by atoms with van der Waals surface area (Å²) in [5.41, 5.74) is 1.12. The third kappa shape index (κ3) is 4.15. The Balaban J connectivity index is 1.60. The molecule has 0 unspecified atom stereocenters. The third-order valence-electron chi connectivity index (χ3n) is 4.23. The zero-order valence-corrected chi connectivity index (χ0v) is 13.7. The molecule has 0 bridgehead atoms. The van der Waals surface area contributed by atoms with Gasteiger partial charge in [0.05, 0.1) is 5.69 Å². The Hall–Kier alpha value is -2.89. The Morgan fingerprint density at radius 2 is 1.80 bits per heavy atom. The van der Waals surface area contributed by atoms with Gasteiger partial charge in [0.15, 0.2) is 0 Å². The number of hydrogen-bond acceptors (Lipinski definition) is 2. The van der Waals surface area contributed by atoms with Gasteiger partial charge >= 0.3 is 6.03 Å². The number of likely N-dealkylation sites (tertiary alicyclic amines) is 1. The molecular weight excluding hydrogens is 321 g/mol. The molecule has 2 aromatic carbocycles. The summed E-state index contributed by atoms with van der Waals surface area (Å²) in [5.74, 6) is -0.855. The SMILES string of the molecule is O=C(Nc1ccccc1F)[C@@H]1CCCN1C(=O)NCc1ccccc1. The molecule has 0 spiro atoms. The molecule has 2 aromatic rings. The maximum atomic E-state index is 13.7. The molecule has 25 heavy (non-hydrogen) atoms. The number of para-hydroxylation sites is 1. The molecule has 5 nitrogen and oxygen atoms in total. The van der Waals surface area contributed by atoms with Crippen molar-refractivity contribution in [1.29, 1.82) is 0 Å². The molecule has 6 heteroatoms. The molecule has 2 N–H and O–H groups in total. The van der Waals surface area contributed by atoms with Crippen molar-refractivity contribution in [3.63, 3.8) is 0 Å². The average molecular weight is 341 g/mol. The van der Waals surface area contributed by atoms with Gasteiger partial charge in [-0.15, -0.1) is 0 Å². The number of carbonyl (C=O) groups is 2. The van der Waals surface area contributed by atoms with Crippen LogP contribution in [-0.4, -0.2) is 29.4 Å². The Kier molecular flexibility index (Phi) is 5.28. The first kappa shape index (κ1) is 17.0. The lowest BCUT2D eigenvalue weighted by Crippen LogP contribution is -2.47. The smallest absolute Gasteiger partial charge is 0.318 e. The number of carbonyl (C=O) groups excluding carboxylic acids is 2. The summed E-state index contributed by atoms with van der Waals surface area (Å²) in [7, 11) is 0. The Bertz CT molecular complexity index is 751. The van der Waals surface area contributed by atoms with Crippen molar-refractivity contribution in [1.82, 2.24) is 10.2 Å². The number of benzene rings is 2. The fourth-order valence-electron chi connectivity index (χ4n) is 2.94. The first-order chi connectivity index (χ1) is 12.1. The van der Waals surface area contributed by atoms with Crippen LogP contribution in [0.2, 0.25) is 0 Å².